The summed E-state index contributed by atoms with van der Waals surface area (Å²) in [7, 11) is 0. The summed E-state index contributed by atoms with van der Waals surface area (Å²) in [6.45, 7) is 12.8. The van der Waals surface area contributed by atoms with Crippen molar-refractivity contribution in [3.05, 3.63) is 34.4 Å². The van der Waals surface area contributed by atoms with Crippen LogP contribution in [0.3, 0.4) is 0 Å². The Balaban J connectivity index is 2.85. The average Bonchev–Trinajstić information content (AvgIpc) is 2.24. The molecule has 1 aromatic rings. The fourth-order valence-corrected chi connectivity index (χ4v) is 2.26. The molecule has 1 amide bonds. The van der Waals surface area contributed by atoms with E-state index >= 15 is 0 Å². The molecule has 0 aliphatic carbocycles. The maximum atomic E-state index is 12.4. The van der Waals surface area contributed by atoms with Crippen molar-refractivity contribution in [3.8, 4) is 0 Å². The number of esters is 1. The van der Waals surface area contributed by atoms with Gasteiger partial charge in [-0.1, -0.05) is 17.7 Å². The third-order valence-corrected chi connectivity index (χ3v) is 3.01. The summed E-state index contributed by atoms with van der Waals surface area (Å²) in [5.74, 6) is -0.679. The zero-order valence-corrected chi connectivity index (χ0v) is 14.0. The molecule has 0 heterocycles. The van der Waals surface area contributed by atoms with Gasteiger partial charge in [0.1, 0.15) is 11.6 Å². The van der Waals surface area contributed by atoms with Crippen molar-refractivity contribution in [2.75, 3.05) is 0 Å². The predicted octanol–water partition coefficient (Wildman–Crippen LogP) is 3.07. The second-order valence-corrected chi connectivity index (χ2v) is 6.50. The van der Waals surface area contributed by atoms with E-state index in [0.29, 0.717) is 5.56 Å². The van der Waals surface area contributed by atoms with Crippen molar-refractivity contribution in [3.63, 3.8) is 0 Å². The Hall–Kier alpha value is -1.84. The first-order chi connectivity index (χ1) is 9.51. The third-order valence-electron chi connectivity index (χ3n) is 3.01. The summed E-state index contributed by atoms with van der Waals surface area (Å²) in [5, 5.41) is 2.71. The molecule has 0 saturated heterocycles. The van der Waals surface area contributed by atoms with Crippen LogP contribution >= 0.6 is 0 Å². The van der Waals surface area contributed by atoms with Crippen molar-refractivity contribution < 1.29 is 14.3 Å². The molecule has 4 nitrogen and oxygen atoms in total. The van der Waals surface area contributed by atoms with Gasteiger partial charge in [0.05, 0.1) is 0 Å². The van der Waals surface area contributed by atoms with E-state index in [0.717, 1.165) is 16.7 Å². The lowest BCUT2D eigenvalue weighted by Gasteiger charge is -2.23. The molecule has 21 heavy (non-hydrogen) atoms. The van der Waals surface area contributed by atoms with Gasteiger partial charge in [0, 0.05) is 5.56 Å². The van der Waals surface area contributed by atoms with Gasteiger partial charge in [-0.2, -0.15) is 0 Å². The number of amides is 1. The van der Waals surface area contributed by atoms with E-state index in [1.807, 2.05) is 32.9 Å². The Morgan fingerprint density at radius 3 is 2.00 bits per heavy atom. The molecular weight excluding hydrogens is 266 g/mol. The molecule has 0 aliphatic heterocycles. The van der Waals surface area contributed by atoms with Crippen LogP contribution in [0.15, 0.2) is 12.1 Å². The summed E-state index contributed by atoms with van der Waals surface area (Å²) in [4.78, 5) is 24.3. The maximum Gasteiger partial charge on any atom is 0.328 e. The first kappa shape index (κ1) is 17.2. The van der Waals surface area contributed by atoms with E-state index in [4.69, 9.17) is 4.74 Å². The highest BCUT2D eigenvalue weighted by Gasteiger charge is 2.24. The van der Waals surface area contributed by atoms with Gasteiger partial charge in [-0.05, 0) is 59.6 Å². The zero-order chi connectivity index (χ0) is 16.4. The summed E-state index contributed by atoms with van der Waals surface area (Å²) in [5.41, 5.74) is 2.98. The van der Waals surface area contributed by atoms with Gasteiger partial charge < -0.3 is 10.1 Å². The lowest BCUT2D eigenvalue weighted by molar-refractivity contribution is -0.156. The standard InChI is InChI=1S/C17H25NO3/c1-10-8-11(2)14(12(3)9-10)15(19)18-13(4)16(20)21-17(5,6)7/h8-9,13H,1-7H3,(H,18,19)/t13-/m0/s1. The number of nitrogens with one attached hydrogen (secondary N) is 1. The van der Waals surface area contributed by atoms with E-state index in [9.17, 15) is 9.59 Å². The minimum Gasteiger partial charge on any atom is -0.458 e. The van der Waals surface area contributed by atoms with E-state index in [1.165, 1.54) is 0 Å². The van der Waals surface area contributed by atoms with Gasteiger partial charge in [0.15, 0.2) is 0 Å². The molecule has 0 radical (unpaired) electrons. The van der Waals surface area contributed by atoms with Crippen molar-refractivity contribution in [1.82, 2.24) is 5.32 Å². The van der Waals surface area contributed by atoms with Crippen LogP contribution in [0, 0.1) is 20.8 Å². The summed E-state index contributed by atoms with van der Waals surface area (Å²) < 4.78 is 5.26. The Kier molecular flexibility index (Phi) is 5.15. The van der Waals surface area contributed by atoms with Crippen LogP contribution in [0.1, 0.15) is 54.7 Å². The first-order valence-corrected chi connectivity index (χ1v) is 7.13. The highest BCUT2D eigenvalue weighted by molar-refractivity contribution is 5.99. The predicted molar refractivity (Wildman–Crippen MR) is 83.4 cm³/mol. The van der Waals surface area contributed by atoms with Gasteiger partial charge >= 0.3 is 5.97 Å². The number of benzene rings is 1. The molecule has 4 heteroatoms. The Labute approximate surface area is 126 Å². The zero-order valence-electron chi connectivity index (χ0n) is 14.0. The normalized spacial score (nSPS) is 12.7. The molecule has 1 atom stereocenters. The Morgan fingerprint density at radius 2 is 1.57 bits per heavy atom. The number of carbonyl (C=O) groups excluding carboxylic acids is 2. The topological polar surface area (TPSA) is 55.4 Å². The third kappa shape index (κ3) is 4.88. The lowest BCUT2D eigenvalue weighted by atomic mass is 9.99. The number of hydrogen-bond donors (Lipinski definition) is 1. The molecule has 0 spiro atoms. The number of hydrogen-bond acceptors (Lipinski definition) is 3. The number of aryl methyl sites for hydroxylation is 3. The maximum absolute atomic E-state index is 12.4. The molecule has 1 N–H and O–H groups in total. The highest BCUT2D eigenvalue weighted by Crippen LogP contribution is 2.16. The van der Waals surface area contributed by atoms with Crippen LogP contribution in [0.2, 0.25) is 0 Å². The molecule has 1 aromatic carbocycles. The molecule has 116 valence electrons. The fraction of sp³-hybridized carbons (Fsp3) is 0.529. The highest BCUT2D eigenvalue weighted by atomic mass is 16.6. The molecule has 0 aromatic heterocycles. The molecule has 0 fully saturated rings. The number of rotatable bonds is 3. The largest absolute Gasteiger partial charge is 0.458 e. The minimum absolute atomic E-state index is 0.247. The van der Waals surface area contributed by atoms with Crippen molar-refractivity contribution in [2.24, 2.45) is 0 Å². The SMILES string of the molecule is Cc1cc(C)c(C(=O)N[C@@H](C)C(=O)OC(C)(C)C)c(C)c1. The van der Waals surface area contributed by atoms with Crippen molar-refractivity contribution in [2.45, 2.75) is 60.1 Å². The van der Waals surface area contributed by atoms with Gasteiger partial charge in [-0.25, -0.2) is 4.79 Å². The van der Waals surface area contributed by atoms with Crippen molar-refractivity contribution in [1.29, 1.82) is 0 Å². The average molecular weight is 291 g/mol. The molecule has 0 unspecified atom stereocenters. The lowest BCUT2D eigenvalue weighted by Crippen LogP contribution is -2.42. The second kappa shape index (κ2) is 6.29. The quantitative estimate of drug-likeness (QED) is 0.871. The van der Waals surface area contributed by atoms with Crippen LogP contribution in [0.25, 0.3) is 0 Å². The minimum atomic E-state index is -0.683. The van der Waals surface area contributed by atoms with Crippen LogP contribution in [0.5, 0.6) is 0 Å². The van der Waals surface area contributed by atoms with Gasteiger partial charge in [-0.15, -0.1) is 0 Å². The van der Waals surface area contributed by atoms with Crippen LogP contribution in [-0.2, 0) is 9.53 Å². The van der Waals surface area contributed by atoms with E-state index in [-0.39, 0.29) is 5.91 Å². The molecule has 0 aliphatic rings. The van der Waals surface area contributed by atoms with Crippen molar-refractivity contribution >= 4 is 11.9 Å². The molecular formula is C17H25NO3. The molecule has 0 bridgehead atoms. The monoisotopic (exact) mass is 291 g/mol. The molecule has 1 rings (SSSR count). The van der Waals surface area contributed by atoms with Crippen LogP contribution < -0.4 is 5.32 Å². The fourth-order valence-electron chi connectivity index (χ4n) is 2.26. The number of ether oxygens (including phenoxy) is 1. The summed E-state index contributed by atoms with van der Waals surface area (Å²) >= 11 is 0. The van der Waals surface area contributed by atoms with E-state index in [2.05, 4.69) is 5.32 Å². The van der Waals surface area contributed by atoms with Gasteiger partial charge in [0.2, 0.25) is 0 Å². The summed E-state index contributed by atoms with van der Waals surface area (Å²) in [6, 6.07) is 3.23. The van der Waals surface area contributed by atoms with Crippen LogP contribution in [0.4, 0.5) is 0 Å². The van der Waals surface area contributed by atoms with E-state index in [1.54, 1.807) is 27.7 Å². The Morgan fingerprint density at radius 1 is 1.10 bits per heavy atom. The van der Waals surface area contributed by atoms with Crippen LogP contribution in [-0.4, -0.2) is 23.5 Å². The van der Waals surface area contributed by atoms with E-state index < -0.39 is 17.6 Å². The smallest absolute Gasteiger partial charge is 0.328 e. The molecule has 0 saturated carbocycles. The van der Waals surface area contributed by atoms with Gasteiger partial charge in [0.25, 0.3) is 5.91 Å². The second-order valence-electron chi connectivity index (χ2n) is 6.50. The number of carbonyl (C=O) groups is 2. The Bertz CT molecular complexity index is 533. The summed E-state index contributed by atoms with van der Waals surface area (Å²) in [6.07, 6.45) is 0. The first-order valence-electron chi connectivity index (χ1n) is 7.13. The van der Waals surface area contributed by atoms with Gasteiger partial charge in [-0.3, -0.25) is 4.79 Å².